The summed E-state index contributed by atoms with van der Waals surface area (Å²) in [5, 5.41) is 49.3. The Morgan fingerprint density at radius 3 is 2.20 bits per heavy atom. The van der Waals surface area contributed by atoms with Gasteiger partial charge < -0.3 is 80.2 Å². The SMILES string of the molecule is CCCOCCOCCNC(=O)C1(N)CCN(C(=O)O[C@@H]2CC[C@@H](C[C@@H](N)[C@@H]3C[C@@H](O)[C@H](C)/C=C(\C)[C@@H](O)[C@@H](O)C(=O)[C@H](C)C[C@H](C)/C=C/C=C/C=C(\C)[C@@H](OC)C[C@@H]4CC[C@@H](C)[C@@](O)(O4)C(=O)C(=O)N4CCCC[C@H]4C(=O)O3)C[C@H]2OC)CC1. The van der Waals surface area contributed by atoms with Crippen molar-refractivity contribution in [1.29, 1.82) is 0 Å². The van der Waals surface area contributed by atoms with Crippen LogP contribution in [-0.2, 0) is 57.1 Å². The largest absolute Gasteiger partial charge is 0.459 e. The molecule has 22 heteroatoms. The van der Waals surface area contributed by atoms with E-state index in [1.54, 1.807) is 40.9 Å². The van der Waals surface area contributed by atoms with Crippen molar-refractivity contribution in [1.82, 2.24) is 15.1 Å². The zero-order chi connectivity index (χ0) is 62.6. The monoisotopic (exact) mass is 1200 g/mol. The van der Waals surface area contributed by atoms with Gasteiger partial charge in [0.2, 0.25) is 11.7 Å². The highest BCUT2D eigenvalue weighted by Gasteiger charge is 2.53. The molecule has 1 aliphatic carbocycles. The normalized spacial score (nSPS) is 36.1. The van der Waals surface area contributed by atoms with Gasteiger partial charge in [-0.2, -0.15) is 0 Å². The molecule has 0 spiro atoms. The number of hydrogen-bond donors (Lipinski definition) is 7. The van der Waals surface area contributed by atoms with Gasteiger partial charge in [-0.25, -0.2) is 9.59 Å². The van der Waals surface area contributed by atoms with E-state index in [0.29, 0.717) is 77.8 Å². The summed E-state index contributed by atoms with van der Waals surface area (Å²) in [6.07, 6.45) is 7.82. The second-order valence-electron chi connectivity index (χ2n) is 24.7. The Morgan fingerprint density at radius 1 is 0.812 bits per heavy atom. The highest BCUT2D eigenvalue weighted by molar-refractivity contribution is 6.39. The molecule has 4 aliphatic heterocycles. The topological polar surface area (TPSA) is 318 Å². The Bertz CT molecular complexity index is 2310. The number of rotatable bonds is 15. The first-order valence-corrected chi connectivity index (χ1v) is 31.1. The van der Waals surface area contributed by atoms with E-state index in [9.17, 15) is 49.2 Å². The number of esters is 1. The highest BCUT2D eigenvalue weighted by atomic mass is 16.6. The fraction of sp³-hybridized carbons (Fsp3) is 0.778. The molecular weight excluding hydrogens is 1100 g/mol. The third-order valence-electron chi connectivity index (χ3n) is 18.0. The molecule has 0 aromatic heterocycles. The standard InChI is InChI=1S/C63H103N5O17/c1-10-29-81-31-32-82-30-25-66-60(76)62(65)23-27-67(28-24-62)61(77)84-50-22-20-45(36-53(50)80-9)35-47(64)52-38-49(69)41(4)34-43(6)55(71)56(72)54(70)42(5)33-39(2)16-12-11-13-17-40(3)51(79-8)37-46-21-19-44(7)63(78,85-46)57(73)58(74)68-26-15-14-18-48(68)59(75)83-52/h11-13,16-17,34,39,41-42,44-53,55-56,69,71-72,78H,10,14-15,18-33,35-38,64-65H2,1-9H3,(H,66,76)/b13-11+,16-12+,40-17+,43-34+/t39-,41-,42-,44-,45+,46+,47-,48+,49-,50-,51+,52+,53-,55-,56+,63-/m1/s1. The zero-order valence-electron chi connectivity index (χ0n) is 52.0. The number of nitrogens with two attached hydrogens (primary N) is 2. The van der Waals surface area contributed by atoms with Crippen LogP contribution >= 0.6 is 0 Å². The number of nitrogens with one attached hydrogen (secondary N) is 1. The number of ether oxygens (including phenoxy) is 7. The molecule has 9 N–H and O–H groups in total. The average molecular weight is 1200 g/mol. The minimum atomic E-state index is -2.49. The number of aliphatic hydroxyl groups is 4. The van der Waals surface area contributed by atoms with Crippen molar-refractivity contribution in [2.45, 2.75) is 217 Å². The predicted octanol–water partition coefficient (Wildman–Crippen LogP) is 4.51. The predicted molar refractivity (Wildman–Crippen MR) is 317 cm³/mol. The lowest BCUT2D eigenvalue weighted by molar-refractivity contribution is -0.265. The Kier molecular flexibility index (Phi) is 28.8. The minimum absolute atomic E-state index is 0.0209. The number of nitrogens with zero attached hydrogens (tertiary/aromatic N) is 2. The summed E-state index contributed by atoms with van der Waals surface area (Å²) >= 11 is 0. The maximum atomic E-state index is 14.6. The van der Waals surface area contributed by atoms with Crippen LogP contribution in [0, 0.1) is 29.6 Å². The second kappa shape index (κ2) is 34.3. The van der Waals surface area contributed by atoms with E-state index in [2.05, 4.69) is 5.32 Å². The van der Waals surface area contributed by atoms with Crippen LogP contribution in [0.3, 0.4) is 0 Å². The lowest BCUT2D eigenvalue weighted by atomic mass is 9.80. The molecule has 5 rings (SSSR count). The summed E-state index contributed by atoms with van der Waals surface area (Å²) in [6, 6.07) is -2.15. The summed E-state index contributed by atoms with van der Waals surface area (Å²) in [4.78, 5) is 86.3. The summed E-state index contributed by atoms with van der Waals surface area (Å²) in [5.41, 5.74) is 13.5. The lowest BCUT2D eigenvalue weighted by Gasteiger charge is -2.43. The highest BCUT2D eigenvalue weighted by Crippen LogP contribution is 2.38. The first kappa shape index (κ1) is 71.3. The summed E-state index contributed by atoms with van der Waals surface area (Å²) in [5.74, 6) is -8.75. The van der Waals surface area contributed by atoms with Gasteiger partial charge in [-0.05, 0) is 120 Å². The van der Waals surface area contributed by atoms with Crippen LogP contribution in [0.1, 0.15) is 145 Å². The number of piperidine rings is 2. The Labute approximate surface area is 503 Å². The summed E-state index contributed by atoms with van der Waals surface area (Å²) in [7, 11) is 3.08. The maximum Gasteiger partial charge on any atom is 0.410 e. The molecule has 0 unspecified atom stereocenters. The maximum absolute atomic E-state index is 14.6. The number of allylic oxidation sites excluding steroid dienone is 5. The molecule has 0 aromatic rings. The molecule has 2 bridgehead atoms. The van der Waals surface area contributed by atoms with Crippen LogP contribution in [0.15, 0.2) is 47.6 Å². The van der Waals surface area contributed by atoms with Gasteiger partial charge in [-0.15, -0.1) is 0 Å². The molecule has 4 fully saturated rings. The van der Waals surface area contributed by atoms with E-state index in [-0.39, 0.29) is 88.0 Å². The molecule has 85 heavy (non-hydrogen) atoms. The van der Waals surface area contributed by atoms with Crippen LogP contribution in [0.2, 0.25) is 0 Å². The number of Topliss-reactive ketones (excluding diaryl/α,β-unsaturated/α-hetero) is 2. The van der Waals surface area contributed by atoms with Gasteiger partial charge in [-0.1, -0.05) is 71.1 Å². The van der Waals surface area contributed by atoms with E-state index in [4.69, 9.17) is 44.6 Å². The summed E-state index contributed by atoms with van der Waals surface area (Å²) < 4.78 is 41.2. The molecule has 22 nitrogen and oxygen atoms in total. The first-order valence-electron chi connectivity index (χ1n) is 31.1. The van der Waals surface area contributed by atoms with Gasteiger partial charge in [0.05, 0.1) is 49.8 Å². The van der Waals surface area contributed by atoms with Crippen molar-refractivity contribution in [3.63, 3.8) is 0 Å². The van der Waals surface area contributed by atoms with Gasteiger partial charge in [0.1, 0.15) is 30.5 Å². The number of cyclic esters (lactones) is 1. The van der Waals surface area contributed by atoms with Crippen LogP contribution in [0.25, 0.3) is 0 Å². The van der Waals surface area contributed by atoms with Crippen molar-refractivity contribution in [2.75, 3.05) is 66.8 Å². The molecule has 0 radical (unpaired) electrons. The molecule has 3 saturated heterocycles. The fourth-order valence-electron chi connectivity index (χ4n) is 12.3. The van der Waals surface area contributed by atoms with Crippen LogP contribution in [-0.4, -0.2) is 205 Å². The van der Waals surface area contributed by atoms with E-state index >= 15 is 0 Å². The number of hydrogen-bond acceptors (Lipinski definition) is 19. The number of carbonyl (C=O) groups is 6. The lowest BCUT2D eigenvalue weighted by Crippen LogP contribution is -2.61. The molecule has 16 atom stereocenters. The molecule has 0 aromatic carbocycles. The van der Waals surface area contributed by atoms with Gasteiger partial charge in [-0.3, -0.25) is 19.2 Å². The quantitative estimate of drug-likeness (QED) is 0.0513. The second-order valence-corrected chi connectivity index (χ2v) is 24.7. The van der Waals surface area contributed by atoms with Crippen molar-refractivity contribution in [3.05, 3.63) is 47.6 Å². The number of amides is 3. The Hall–Kier alpha value is -4.46. The number of methoxy groups -OCH3 is 2. The number of aliphatic hydroxyl groups excluding tert-OH is 3. The van der Waals surface area contributed by atoms with Crippen LogP contribution in [0.4, 0.5) is 4.79 Å². The molecular formula is C63H103N5O17. The molecule has 1 saturated carbocycles. The zero-order valence-corrected chi connectivity index (χ0v) is 52.0. The van der Waals surface area contributed by atoms with E-state index in [0.717, 1.165) is 16.9 Å². The van der Waals surface area contributed by atoms with Crippen LogP contribution in [0.5, 0.6) is 0 Å². The van der Waals surface area contributed by atoms with Gasteiger partial charge in [0, 0.05) is 83.6 Å². The average Bonchev–Trinajstić information content (AvgIpc) is 3.68. The smallest absolute Gasteiger partial charge is 0.410 e. The third kappa shape index (κ3) is 20.3. The van der Waals surface area contributed by atoms with E-state index < -0.39 is 120 Å². The molecule has 482 valence electrons. The van der Waals surface area contributed by atoms with E-state index in [1.165, 1.54) is 12.0 Å². The number of carbonyl (C=O) groups excluding carboxylic acids is 6. The van der Waals surface area contributed by atoms with Crippen LogP contribution < -0.4 is 16.8 Å². The van der Waals surface area contributed by atoms with Gasteiger partial charge >= 0.3 is 12.1 Å². The molecule has 4 heterocycles. The fourth-order valence-corrected chi connectivity index (χ4v) is 12.3. The molecule has 5 aliphatic rings. The van der Waals surface area contributed by atoms with Crippen molar-refractivity contribution in [2.24, 2.45) is 41.1 Å². The van der Waals surface area contributed by atoms with Crippen molar-refractivity contribution >= 4 is 35.4 Å². The minimum Gasteiger partial charge on any atom is -0.459 e. The summed E-state index contributed by atoms with van der Waals surface area (Å²) in [6.45, 7) is 15.0. The number of ketones is 2. The van der Waals surface area contributed by atoms with Gasteiger partial charge in [0.15, 0.2) is 5.78 Å². The number of likely N-dealkylation sites (tertiary alicyclic amines) is 1. The van der Waals surface area contributed by atoms with Gasteiger partial charge in [0.25, 0.3) is 11.7 Å². The first-order chi connectivity index (χ1) is 40.4. The van der Waals surface area contributed by atoms with Crippen molar-refractivity contribution < 1.29 is 82.4 Å². The van der Waals surface area contributed by atoms with E-state index in [1.807, 2.05) is 51.2 Å². The Balaban J connectivity index is 1.32. The molecule has 3 amide bonds. The number of fused-ring (bicyclic) bond motifs is 3. The van der Waals surface area contributed by atoms with Crippen molar-refractivity contribution in [3.8, 4) is 0 Å². The Morgan fingerprint density at radius 2 is 1.52 bits per heavy atom. The third-order valence-corrected chi connectivity index (χ3v) is 18.0.